The van der Waals surface area contributed by atoms with Gasteiger partial charge in [-0.05, 0) is 49.2 Å². The zero-order valence-electron chi connectivity index (χ0n) is 14.0. The van der Waals surface area contributed by atoms with E-state index in [-0.39, 0.29) is 5.91 Å². The zero-order chi connectivity index (χ0) is 17.1. The first-order valence-electron chi connectivity index (χ1n) is 8.66. The molecular weight excluding hydrogens is 312 g/mol. The summed E-state index contributed by atoms with van der Waals surface area (Å²) in [4.78, 5) is 18.9. The van der Waals surface area contributed by atoms with Crippen molar-refractivity contribution in [1.82, 2.24) is 9.88 Å². The number of carbonyl (C=O) groups excluding carboxylic acids is 1. The van der Waals surface area contributed by atoms with Crippen LogP contribution in [0.15, 0.2) is 60.7 Å². The van der Waals surface area contributed by atoms with Crippen molar-refractivity contribution in [3.05, 3.63) is 71.9 Å². The van der Waals surface area contributed by atoms with Crippen molar-refractivity contribution in [2.45, 2.75) is 19.4 Å². The van der Waals surface area contributed by atoms with Crippen molar-refractivity contribution >= 4 is 16.8 Å². The highest BCUT2D eigenvalue weighted by Crippen LogP contribution is 2.18. The highest BCUT2D eigenvalue weighted by atomic mass is 16.5. The Morgan fingerprint density at radius 1 is 0.960 bits per heavy atom. The van der Waals surface area contributed by atoms with Crippen LogP contribution in [0.1, 0.15) is 28.9 Å². The molecule has 1 amide bonds. The van der Waals surface area contributed by atoms with Crippen LogP contribution in [-0.2, 0) is 6.61 Å². The number of benzene rings is 2. The molecule has 3 aromatic rings. The van der Waals surface area contributed by atoms with E-state index < -0.39 is 0 Å². The van der Waals surface area contributed by atoms with Crippen LogP contribution in [0.2, 0.25) is 0 Å². The second-order valence-corrected chi connectivity index (χ2v) is 6.31. The van der Waals surface area contributed by atoms with Crippen LogP contribution >= 0.6 is 0 Å². The van der Waals surface area contributed by atoms with E-state index >= 15 is 0 Å². The molecule has 1 aromatic heterocycles. The summed E-state index contributed by atoms with van der Waals surface area (Å²) in [5.41, 5.74) is 2.57. The molecule has 0 atom stereocenters. The number of pyridine rings is 1. The highest BCUT2D eigenvalue weighted by Gasteiger charge is 2.19. The lowest BCUT2D eigenvalue weighted by Gasteiger charge is -2.15. The average molecular weight is 332 g/mol. The Bertz CT molecular complexity index is 884. The van der Waals surface area contributed by atoms with E-state index in [1.54, 1.807) is 0 Å². The lowest BCUT2D eigenvalue weighted by Crippen LogP contribution is -2.27. The SMILES string of the molecule is O=C(c1ccc(OCc2ccc3ccccc3n2)cc1)N1CCCC1. The number of aromatic nitrogens is 1. The van der Waals surface area contributed by atoms with E-state index in [9.17, 15) is 4.79 Å². The molecule has 126 valence electrons. The van der Waals surface area contributed by atoms with Gasteiger partial charge in [0.1, 0.15) is 12.4 Å². The third kappa shape index (κ3) is 3.48. The van der Waals surface area contributed by atoms with E-state index in [0.717, 1.165) is 53.8 Å². The Labute approximate surface area is 147 Å². The quantitative estimate of drug-likeness (QED) is 0.724. The molecular formula is C21H20N2O2. The van der Waals surface area contributed by atoms with Gasteiger partial charge in [-0.2, -0.15) is 0 Å². The van der Waals surface area contributed by atoms with E-state index in [1.807, 2.05) is 59.5 Å². The van der Waals surface area contributed by atoms with Gasteiger partial charge in [0.2, 0.25) is 0 Å². The second-order valence-electron chi connectivity index (χ2n) is 6.31. The predicted octanol–water partition coefficient (Wildman–Crippen LogP) is 4.05. The number of hydrogen-bond acceptors (Lipinski definition) is 3. The van der Waals surface area contributed by atoms with Crippen LogP contribution < -0.4 is 4.74 Å². The number of amides is 1. The van der Waals surface area contributed by atoms with Gasteiger partial charge < -0.3 is 9.64 Å². The predicted molar refractivity (Wildman–Crippen MR) is 97.7 cm³/mol. The molecule has 0 N–H and O–H groups in total. The normalized spacial score (nSPS) is 14.0. The summed E-state index contributed by atoms with van der Waals surface area (Å²) in [7, 11) is 0. The largest absolute Gasteiger partial charge is 0.487 e. The van der Waals surface area contributed by atoms with Crippen molar-refractivity contribution in [1.29, 1.82) is 0 Å². The highest BCUT2D eigenvalue weighted by molar-refractivity contribution is 5.94. The minimum Gasteiger partial charge on any atom is -0.487 e. The lowest BCUT2D eigenvalue weighted by molar-refractivity contribution is 0.0793. The van der Waals surface area contributed by atoms with Crippen LogP contribution in [0.4, 0.5) is 0 Å². The van der Waals surface area contributed by atoms with Crippen molar-refractivity contribution in [3.63, 3.8) is 0 Å². The zero-order valence-corrected chi connectivity index (χ0v) is 14.0. The Morgan fingerprint density at radius 3 is 2.52 bits per heavy atom. The first-order valence-corrected chi connectivity index (χ1v) is 8.66. The number of likely N-dealkylation sites (tertiary alicyclic amines) is 1. The van der Waals surface area contributed by atoms with E-state index in [2.05, 4.69) is 11.1 Å². The number of hydrogen-bond donors (Lipinski definition) is 0. The van der Waals surface area contributed by atoms with Crippen molar-refractivity contribution < 1.29 is 9.53 Å². The summed E-state index contributed by atoms with van der Waals surface area (Å²) in [5.74, 6) is 0.855. The molecule has 0 radical (unpaired) electrons. The van der Waals surface area contributed by atoms with Crippen molar-refractivity contribution in [2.24, 2.45) is 0 Å². The summed E-state index contributed by atoms with van der Waals surface area (Å²) < 4.78 is 5.81. The Morgan fingerprint density at radius 2 is 1.72 bits per heavy atom. The van der Waals surface area contributed by atoms with Gasteiger partial charge in [0, 0.05) is 24.0 Å². The maximum atomic E-state index is 12.3. The number of fused-ring (bicyclic) bond motifs is 1. The summed E-state index contributed by atoms with van der Waals surface area (Å²) >= 11 is 0. The lowest BCUT2D eigenvalue weighted by atomic mass is 10.2. The molecule has 25 heavy (non-hydrogen) atoms. The molecule has 0 bridgehead atoms. The number of rotatable bonds is 4. The molecule has 1 fully saturated rings. The minimum absolute atomic E-state index is 0.111. The summed E-state index contributed by atoms with van der Waals surface area (Å²) in [6.45, 7) is 2.14. The molecule has 0 spiro atoms. The molecule has 2 heterocycles. The van der Waals surface area contributed by atoms with Crippen LogP contribution in [0.25, 0.3) is 10.9 Å². The van der Waals surface area contributed by atoms with Crippen LogP contribution in [0.5, 0.6) is 5.75 Å². The van der Waals surface area contributed by atoms with E-state index in [1.165, 1.54) is 0 Å². The third-order valence-corrected chi connectivity index (χ3v) is 4.54. The van der Waals surface area contributed by atoms with Gasteiger partial charge in [0.25, 0.3) is 5.91 Å². The minimum atomic E-state index is 0.111. The smallest absolute Gasteiger partial charge is 0.253 e. The first-order chi connectivity index (χ1) is 12.3. The maximum absolute atomic E-state index is 12.3. The standard InChI is InChI=1S/C21H20N2O2/c24-21(23-13-3-4-14-23)17-8-11-19(12-9-17)25-15-18-10-7-16-5-1-2-6-20(16)22-18/h1-2,5-12H,3-4,13-15H2. The fraction of sp³-hybridized carbons (Fsp3) is 0.238. The molecule has 1 aliphatic rings. The Kier molecular flexibility index (Phi) is 4.34. The van der Waals surface area contributed by atoms with Crippen LogP contribution in [-0.4, -0.2) is 28.9 Å². The molecule has 4 heteroatoms. The van der Waals surface area contributed by atoms with Crippen molar-refractivity contribution in [3.8, 4) is 5.75 Å². The number of nitrogens with zero attached hydrogens (tertiary/aromatic N) is 2. The molecule has 2 aromatic carbocycles. The molecule has 0 saturated carbocycles. The van der Waals surface area contributed by atoms with Gasteiger partial charge in [-0.1, -0.05) is 24.3 Å². The fourth-order valence-corrected chi connectivity index (χ4v) is 3.14. The number of para-hydroxylation sites is 1. The van der Waals surface area contributed by atoms with Crippen LogP contribution in [0, 0.1) is 0 Å². The van der Waals surface area contributed by atoms with E-state index in [4.69, 9.17) is 4.74 Å². The van der Waals surface area contributed by atoms with Crippen molar-refractivity contribution in [2.75, 3.05) is 13.1 Å². The summed E-state index contributed by atoms with van der Waals surface area (Å²) in [5, 5.41) is 1.12. The second kappa shape index (κ2) is 6.93. The summed E-state index contributed by atoms with van der Waals surface area (Å²) in [6.07, 6.45) is 2.21. The number of ether oxygens (including phenoxy) is 1. The topological polar surface area (TPSA) is 42.4 Å². The molecule has 1 aliphatic heterocycles. The van der Waals surface area contributed by atoms with Gasteiger partial charge in [-0.25, -0.2) is 4.98 Å². The fourth-order valence-electron chi connectivity index (χ4n) is 3.14. The van der Waals surface area contributed by atoms with E-state index in [0.29, 0.717) is 6.61 Å². The molecule has 4 rings (SSSR count). The molecule has 1 saturated heterocycles. The molecule has 4 nitrogen and oxygen atoms in total. The average Bonchev–Trinajstić information content (AvgIpc) is 3.21. The van der Waals surface area contributed by atoms with Crippen LogP contribution in [0.3, 0.4) is 0 Å². The Hall–Kier alpha value is -2.88. The number of carbonyl (C=O) groups is 1. The van der Waals surface area contributed by atoms with Gasteiger partial charge in [-0.3, -0.25) is 4.79 Å². The van der Waals surface area contributed by atoms with Gasteiger partial charge >= 0.3 is 0 Å². The first kappa shape index (κ1) is 15.6. The van der Waals surface area contributed by atoms with Gasteiger partial charge in [-0.15, -0.1) is 0 Å². The Balaban J connectivity index is 1.41. The summed E-state index contributed by atoms with van der Waals surface area (Å²) in [6, 6.07) is 19.4. The van der Waals surface area contributed by atoms with Gasteiger partial charge in [0.05, 0.1) is 11.2 Å². The monoisotopic (exact) mass is 332 g/mol. The maximum Gasteiger partial charge on any atom is 0.253 e. The molecule has 0 aliphatic carbocycles. The molecule has 0 unspecified atom stereocenters. The van der Waals surface area contributed by atoms with Gasteiger partial charge in [0.15, 0.2) is 0 Å². The third-order valence-electron chi connectivity index (χ3n) is 4.54.